The fourth-order valence-corrected chi connectivity index (χ4v) is 2.32. The molecule has 0 atom stereocenters. The van der Waals surface area contributed by atoms with Crippen molar-refractivity contribution in [3.63, 3.8) is 0 Å². The van der Waals surface area contributed by atoms with Gasteiger partial charge in [-0.1, -0.05) is 12.1 Å². The maximum absolute atomic E-state index is 12.8. The van der Waals surface area contributed by atoms with E-state index in [1.165, 1.54) is 6.07 Å². The minimum absolute atomic E-state index is 0.265. The summed E-state index contributed by atoms with van der Waals surface area (Å²) in [5.74, 6) is 0.265. The number of halogens is 3. The van der Waals surface area contributed by atoms with Crippen molar-refractivity contribution in [3.8, 4) is 0 Å². The van der Waals surface area contributed by atoms with E-state index in [1.807, 2.05) is 0 Å². The van der Waals surface area contributed by atoms with E-state index < -0.39 is 11.7 Å². The highest BCUT2D eigenvalue weighted by Gasteiger charge is 2.30. The number of hydrogen-bond donors (Lipinski definition) is 0. The standard InChI is InChI=1S/C15H7F3N4/c16-15(17,18)10-3-1-2-8(4-10)14-20-12-5-9-7-19-22-11(9)6-13(12)21-14/h1-7H. The molecular formula is C15H7F3N4. The highest BCUT2D eigenvalue weighted by molar-refractivity contribution is 6.03. The molecule has 2 aromatic carbocycles. The first kappa shape index (κ1) is 12.9. The Morgan fingerprint density at radius 2 is 1.77 bits per heavy atom. The normalized spacial score (nSPS) is 15.0. The molecule has 0 spiro atoms. The summed E-state index contributed by atoms with van der Waals surface area (Å²) in [6.45, 7) is 0. The van der Waals surface area contributed by atoms with Crippen LogP contribution < -0.4 is 10.7 Å². The molecule has 0 aliphatic carbocycles. The van der Waals surface area contributed by atoms with E-state index in [-0.39, 0.29) is 5.84 Å². The van der Waals surface area contributed by atoms with Gasteiger partial charge in [-0.05, 0) is 24.3 Å². The van der Waals surface area contributed by atoms with Gasteiger partial charge in [-0.2, -0.15) is 23.4 Å². The fourth-order valence-electron chi connectivity index (χ4n) is 2.32. The minimum Gasteiger partial charge on any atom is -0.226 e. The van der Waals surface area contributed by atoms with E-state index in [1.54, 1.807) is 24.4 Å². The van der Waals surface area contributed by atoms with Gasteiger partial charge in [0.1, 0.15) is 0 Å². The first-order chi connectivity index (χ1) is 10.5. The van der Waals surface area contributed by atoms with Crippen LogP contribution in [0.25, 0.3) is 0 Å². The zero-order chi connectivity index (χ0) is 15.3. The Hall–Kier alpha value is -2.83. The second-order valence-corrected chi connectivity index (χ2v) is 4.87. The van der Waals surface area contributed by atoms with Gasteiger partial charge >= 0.3 is 6.18 Å². The number of aliphatic imine (C=N–C) groups is 1. The van der Waals surface area contributed by atoms with Gasteiger partial charge in [0, 0.05) is 11.1 Å². The van der Waals surface area contributed by atoms with Crippen molar-refractivity contribution in [2.45, 2.75) is 6.18 Å². The van der Waals surface area contributed by atoms with Crippen LogP contribution in [0.15, 0.2) is 56.6 Å². The largest absolute Gasteiger partial charge is 0.416 e. The van der Waals surface area contributed by atoms with Crippen LogP contribution in [-0.4, -0.2) is 12.1 Å². The molecule has 0 radical (unpaired) electrons. The Morgan fingerprint density at radius 1 is 0.909 bits per heavy atom. The SMILES string of the molecule is FC(F)(F)c1cccc(C2=Nc3cc4c(cc3=N2)C=NN=4)c1. The first-order valence-corrected chi connectivity index (χ1v) is 6.41. The number of amidine groups is 1. The molecule has 0 unspecified atom stereocenters. The fraction of sp³-hybridized carbons (Fsp3) is 0.0667. The maximum atomic E-state index is 12.8. The molecular weight excluding hydrogens is 293 g/mol. The van der Waals surface area contributed by atoms with Gasteiger partial charge in [0.15, 0.2) is 5.84 Å². The van der Waals surface area contributed by atoms with Gasteiger partial charge in [-0.25, -0.2) is 9.98 Å². The maximum Gasteiger partial charge on any atom is 0.416 e. The monoisotopic (exact) mass is 300 g/mol. The molecule has 0 bridgehead atoms. The summed E-state index contributed by atoms with van der Waals surface area (Å²) in [6, 6.07) is 8.48. The molecule has 2 aliphatic rings. The summed E-state index contributed by atoms with van der Waals surface area (Å²) in [7, 11) is 0. The van der Waals surface area contributed by atoms with E-state index in [0.29, 0.717) is 22.0 Å². The van der Waals surface area contributed by atoms with Crippen molar-refractivity contribution in [1.29, 1.82) is 0 Å². The van der Waals surface area contributed by atoms with Gasteiger partial charge in [-0.3, -0.25) is 0 Å². The Morgan fingerprint density at radius 3 is 2.59 bits per heavy atom. The smallest absolute Gasteiger partial charge is 0.226 e. The van der Waals surface area contributed by atoms with Crippen LogP contribution in [0.5, 0.6) is 0 Å². The molecule has 0 fully saturated rings. The lowest BCUT2D eigenvalue weighted by Gasteiger charge is -2.07. The van der Waals surface area contributed by atoms with Crippen molar-refractivity contribution in [2.24, 2.45) is 20.2 Å². The van der Waals surface area contributed by atoms with Crippen LogP contribution in [0, 0.1) is 0 Å². The molecule has 2 heterocycles. The third-order valence-corrected chi connectivity index (χ3v) is 3.39. The average Bonchev–Trinajstić information content (AvgIpc) is 3.09. The molecule has 7 heteroatoms. The minimum atomic E-state index is -4.39. The highest BCUT2D eigenvalue weighted by atomic mass is 19.4. The molecule has 0 aromatic heterocycles. The topological polar surface area (TPSA) is 49.4 Å². The summed E-state index contributed by atoms with van der Waals surface area (Å²) in [5.41, 5.74) is 1.02. The Bertz CT molecular complexity index is 971. The molecule has 0 saturated carbocycles. The predicted molar refractivity (Wildman–Crippen MR) is 74.0 cm³/mol. The highest BCUT2D eigenvalue weighted by Crippen LogP contribution is 2.30. The third-order valence-electron chi connectivity index (χ3n) is 3.39. The summed E-state index contributed by atoms with van der Waals surface area (Å²) >= 11 is 0. The van der Waals surface area contributed by atoms with Crippen molar-refractivity contribution in [3.05, 3.63) is 63.8 Å². The Balaban J connectivity index is 1.80. The van der Waals surface area contributed by atoms with Gasteiger partial charge < -0.3 is 0 Å². The number of nitrogens with zero attached hydrogens (tertiary/aromatic N) is 4. The lowest BCUT2D eigenvalue weighted by atomic mass is 10.1. The number of hydrogen-bond acceptors (Lipinski definition) is 4. The van der Waals surface area contributed by atoms with Crippen molar-refractivity contribution >= 4 is 17.7 Å². The van der Waals surface area contributed by atoms with E-state index in [0.717, 1.165) is 17.7 Å². The molecule has 2 aromatic rings. The van der Waals surface area contributed by atoms with Crippen molar-refractivity contribution < 1.29 is 13.2 Å². The van der Waals surface area contributed by atoms with Crippen LogP contribution in [-0.2, 0) is 6.18 Å². The first-order valence-electron chi connectivity index (χ1n) is 6.41. The third kappa shape index (κ3) is 2.02. The zero-order valence-electron chi connectivity index (χ0n) is 11.0. The van der Waals surface area contributed by atoms with E-state index in [4.69, 9.17) is 0 Å². The molecule has 0 amide bonds. The predicted octanol–water partition coefficient (Wildman–Crippen LogP) is 2.38. The van der Waals surface area contributed by atoms with Gasteiger partial charge in [0.25, 0.3) is 0 Å². The molecule has 4 nitrogen and oxygen atoms in total. The number of rotatable bonds is 1. The van der Waals surface area contributed by atoms with E-state index in [9.17, 15) is 13.2 Å². The summed E-state index contributed by atoms with van der Waals surface area (Å²) < 4.78 is 38.3. The lowest BCUT2D eigenvalue weighted by Crippen LogP contribution is -2.12. The summed E-state index contributed by atoms with van der Waals surface area (Å²) in [6.07, 6.45) is -2.79. The molecule has 0 N–H and O–H groups in total. The zero-order valence-corrected chi connectivity index (χ0v) is 11.0. The van der Waals surface area contributed by atoms with E-state index >= 15 is 0 Å². The van der Waals surface area contributed by atoms with Crippen molar-refractivity contribution in [1.82, 2.24) is 0 Å². The number of alkyl halides is 3. The second kappa shape index (κ2) is 4.33. The average molecular weight is 300 g/mol. The van der Waals surface area contributed by atoms with Crippen molar-refractivity contribution in [2.75, 3.05) is 0 Å². The molecule has 2 aliphatic heterocycles. The number of fused-ring (bicyclic) bond motifs is 2. The van der Waals surface area contributed by atoms with Gasteiger partial charge in [0.05, 0.1) is 28.2 Å². The molecule has 108 valence electrons. The molecule has 0 saturated heterocycles. The number of benzene rings is 2. The lowest BCUT2D eigenvalue weighted by molar-refractivity contribution is -0.137. The summed E-state index contributed by atoms with van der Waals surface area (Å²) in [4.78, 5) is 8.59. The van der Waals surface area contributed by atoms with Crippen LogP contribution >= 0.6 is 0 Å². The van der Waals surface area contributed by atoms with Crippen LogP contribution in [0.3, 0.4) is 0 Å². The quantitative estimate of drug-likeness (QED) is 0.776. The molecule has 4 rings (SSSR count). The van der Waals surface area contributed by atoms with Crippen LogP contribution in [0.1, 0.15) is 16.7 Å². The molecule has 22 heavy (non-hydrogen) atoms. The van der Waals surface area contributed by atoms with E-state index in [2.05, 4.69) is 20.2 Å². The van der Waals surface area contributed by atoms with Gasteiger partial charge in [0.2, 0.25) is 0 Å². The van der Waals surface area contributed by atoms with Crippen LogP contribution in [0.4, 0.5) is 18.9 Å². The van der Waals surface area contributed by atoms with Gasteiger partial charge in [-0.15, -0.1) is 0 Å². The Labute approximate surface area is 122 Å². The summed E-state index contributed by atoms with van der Waals surface area (Å²) in [5, 5.41) is 9.01. The van der Waals surface area contributed by atoms with Crippen LogP contribution in [0.2, 0.25) is 0 Å². The second-order valence-electron chi connectivity index (χ2n) is 4.87. The Kier molecular flexibility index (Phi) is 2.53.